The highest BCUT2D eigenvalue weighted by Crippen LogP contribution is 2.39. The van der Waals surface area contributed by atoms with E-state index in [-0.39, 0.29) is 18.1 Å². The first-order valence-corrected chi connectivity index (χ1v) is 8.53. The summed E-state index contributed by atoms with van der Waals surface area (Å²) < 4.78 is 16.4. The molecule has 1 amide bonds. The van der Waals surface area contributed by atoms with Gasteiger partial charge in [-0.15, -0.1) is 0 Å². The minimum absolute atomic E-state index is 0.0739. The number of carbonyl (C=O) groups is 2. The van der Waals surface area contributed by atoms with Crippen LogP contribution in [0.5, 0.6) is 5.75 Å². The largest absolute Gasteiger partial charge is 0.489 e. The molecule has 1 fully saturated rings. The number of ether oxygens (including phenoxy) is 3. The summed E-state index contributed by atoms with van der Waals surface area (Å²) in [6.45, 7) is 8.23. The molecule has 1 unspecified atom stereocenters. The number of fused-ring (bicyclic) bond motifs is 4. The number of hydrogen-bond acceptors (Lipinski definition) is 6. The highest BCUT2D eigenvalue weighted by molar-refractivity contribution is 5.95. The lowest BCUT2D eigenvalue weighted by atomic mass is 10.0. The lowest BCUT2D eigenvalue weighted by molar-refractivity contribution is 0.0194. The van der Waals surface area contributed by atoms with Crippen LogP contribution < -0.4 is 9.64 Å². The van der Waals surface area contributed by atoms with E-state index in [1.54, 1.807) is 11.0 Å². The van der Waals surface area contributed by atoms with E-state index in [2.05, 4.69) is 4.90 Å². The maximum absolute atomic E-state index is 12.3. The summed E-state index contributed by atoms with van der Waals surface area (Å²) in [6, 6.07) is 3.83. The van der Waals surface area contributed by atoms with Crippen LogP contribution in [0.4, 0.5) is 10.5 Å². The Morgan fingerprint density at radius 1 is 1.24 bits per heavy atom. The van der Waals surface area contributed by atoms with Gasteiger partial charge in [0, 0.05) is 25.2 Å². The molecule has 0 saturated carbocycles. The van der Waals surface area contributed by atoms with Crippen LogP contribution in [0.25, 0.3) is 0 Å². The highest BCUT2D eigenvalue weighted by atomic mass is 16.6. The van der Waals surface area contributed by atoms with E-state index in [1.807, 2.05) is 26.8 Å². The maximum Gasteiger partial charge on any atom is 0.410 e. The Morgan fingerprint density at radius 3 is 2.80 bits per heavy atom. The molecule has 4 rings (SSSR count). The second kappa shape index (κ2) is 5.54. The molecular formula is C18H22N2O5. The molecule has 1 atom stereocenters. The van der Waals surface area contributed by atoms with Gasteiger partial charge in [0.05, 0.1) is 17.3 Å². The topological polar surface area (TPSA) is 68.3 Å². The number of nitrogens with zero attached hydrogens (tertiary/aromatic N) is 2. The van der Waals surface area contributed by atoms with Crippen molar-refractivity contribution in [1.29, 1.82) is 0 Å². The van der Waals surface area contributed by atoms with Gasteiger partial charge in [-0.2, -0.15) is 0 Å². The average molecular weight is 346 g/mol. The molecule has 3 heterocycles. The van der Waals surface area contributed by atoms with Gasteiger partial charge in [-0.05, 0) is 32.9 Å². The number of piperazine rings is 1. The zero-order chi connectivity index (χ0) is 17.8. The molecule has 0 aromatic heterocycles. The van der Waals surface area contributed by atoms with Crippen molar-refractivity contribution in [2.75, 3.05) is 31.1 Å². The summed E-state index contributed by atoms with van der Waals surface area (Å²) in [6.07, 6.45) is -0.286. The fourth-order valence-corrected chi connectivity index (χ4v) is 3.48. The normalized spacial score (nSPS) is 21.7. The van der Waals surface area contributed by atoms with Crippen LogP contribution in [0.3, 0.4) is 0 Å². The number of cyclic esters (lactones) is 1. The van der Waals surface area contributed by atoms with E-state index in [0.717, 1.165) is 11.3 Å². The SMILES string of the molecule is CC(C)(C)OC(=O)N1CCN2c3cc4c(cc3OCC2C1)C(=O)OC4. The summed E-state index contributed by atoms with van der Waals surface area (Å²) in [4.78, 5) is 28.0. The van der Waals surface area contributed by atoms with Gasteiger partial charge in [-0.25, -0.2) is 9.59 Å². The minimum Gasteiger partial charge on any atom is -0.489 e. The molecule has 3 aliphatic rings. The van der Waals surface area contributed by atoms with Gasteiger partial charge in [0.1, 0.15) is 24.6 Å². The lowest BCUT2D eigenvalue weighted by Gasteiger charge is -2.45. The van der Waals surface area contributed by atoms with E-state index in [0.29, 0.717) is 44.2 Å². The van der Waals surface area contributed by atoms with Crippen LogP contribution >= 0.6 is 0 Å². The predicted octanol–water partition coefficient (Wildman–Crippen LogP) is 2.18. The van der Waals surface area contributed by atoms with Crippen molar-refractivity contribution in [2.24, 2.45) is 0 Å². The zero-order valence-electron chi connectivity index (χ0n) is 14.7. The van der Waals surface area contributed by atoms with Gasteiger partial charge in [-0.3, -0.25) is 0 Å². The van der Waals surface area contributed by atoms with Crippen LogP contribution in [-0.4, -0.2) is 54.8 Å². The third-order valence-electron chi connectivity index (χ3n) is 4.64. The number of amides is 1. The van der Waals surface area contributed by atoms with Crippen molar-refractivity contribution in [1.82, 2.24) is 4.90 Å². The number of hydrogen-bond donors (Lipinski definition) is 0. The quantitative estimate of drug-likeness (QED) is 0.671. The molecule has 0 bridgehead atoms. The summed E-state index contributed by atoms with van der Waals surface area (Å²) in [7, 11) is 0. The van der Waals surface area contributed by atoms with Gasteiger partial charge in [-0.1, -0.05) is 0 Å². The monoisotopic (exact) mass is 346 g/mol. The van der Waals surface area contributed by atoms with Gasteiger partial charge < -0.3 is 24.0 Å². The Bertz CT molecular complexity index is 740. The average Bonchev–Trinajstić information content (AvgIpc) is 2.91. The van der Waals surface area contributed by atoms with Gasteiger partial charge in [0.25, 0.3) is 0 Å². The van der Waals surface area contributed by atoms with Gasteiger partial charge >= 0.3 is 12.1 Å². The number of benzene rings is 1. The Balaban J connectivity index is 1.53. The first-order valence-electron chi connectivity index (χ1n) is 8.53. The van der Waals surface area contributed by atoms with Crippen molar-refractivity contribution < 1.29 is 23.8 Å². The van der Waals surface area contributed by atoms with E-state index in [9.17, 15) is 9.59 Å². The molecule has 25 heavy (non-hydrogen) atoms. The van der Waals surface area contributed by atoms with E-state index in [4.69, 9.17) is 14.2 Å². The molecule has 1 aromatic rings. The predicted molar refractivity (Wildman–Crippen MR) is 90.0 cm³/mol. The molecule has 7 nitrogen and oxygen atoms in total. The number of rotatable bonds is 0. The summed E-state index contributed by atoms with van der Waals surface area (Å²) in [5, 5.41) is 0. The highest BCUT2D eigenvalue weighted by Gasteiger charge is 2.37. The van der Waals surface area contributed by atoms with Crippen LogP contribution in [0.1, 0.15) is 36.7 Å². The van der Waals surface area contributed by atoms with E-state index in [1.165, 1.54) is 0 Å². The van der Waals surface area contributed by atoms with Crippen molar-refractivity contribution in [3.63, 3.8) is 0 Å². The molecule has 0 N–H and O–H groups in total. The number of anilines is 1. The maximum atomic E-state index is 12.3. The fourth-order valence-electron chi connectivity index (χ4n) is 3.48. The minimum atomic E-state index is -0.503. The number of esters is 1. The second-order valence-corrected chi connectivity index (χ2v) is 7.64. The molecule has 134 valence electrons. The third kappa shape index (κ3) is 2.88. The van der Waals surface area contributed by atoms with Crippen molar-refractivity contribution in [3.8, 4) is 5.75 Å². The molecule has 0 spiro atoms. The smallest absolute Gasteiger partial charge is 0.410 e. The van der Waals surface area contributed by atoms with Crippen LogP contribution in [0.15, 0.2) is 12.1 Å². The third-order valence-corrected chi connectivity index (χ3v) is 4.64. The van der Waals surface area contributed by atoms with Crippen molar-refractivity contribution in [3.05, 3.63) is 23.3 Å². The standard InChI is InChI=1S/C18H22N2O5/c1-18(2,3)25-17(22)19-4-5-20-12(8-19)10-23-15-7-13-11(6-14(15)20)9-24-16(13)21/h6-7,12H,4-5,8-10H2,1-3H3. The molecular weight excluding hydrogens is 324 g/mol. The first-order chi connectivity index (χ1) is 11.8. The Morgan fingerprint density at radius 2 is 2.04 bits per heavy atom. The molecule has 0 radical (unpaired) electrons. The molecule has 0 aliphatic carbocycles. The van der Waals surface area contributed by atoms with Crippen LogP contribution in [0, 0.1) is 0 Å². The van der Waals surface area contributed by atoms with E-state index >= 15 is 0 Å². The van der Waals surface area contributed by atoms with Crippen LogP contribution in [-0.2, 0) is 16.1 Å². The van der Waals surface area contributed by atoms with Crippen molar-refractivity contribution in [2.45, 2.75) is 39.0 Å². The summed E-state index contributed by atoms with van der Waals surface area (Å²) in [5.74, 6) is 0.415. The molecule has 1 saturated heterocycles. The Hall–Kier alpha value is -2.44. The Labute approximate surface area is 146 Å². The Kier molecular flexibility index (Phi) is 3.56. The van der Waals surface area contributed by atoms with Crippen molar-refractivity contribution >= 4 is 17.7 Å². The number of carbonyl (C=O) groups excluding carboxylic acids is 2. The molecule has 3 aliphatic heterocycles. The van der Waals surface area contributed by atoms with Crippen LogP contribution in [0.2, 0.25) is 0 Å². The zero-order valence-corrected chi connectivity index (χ0v) is 14.7. The first kappa shape index (κ1) is 16.1. The second-order valence-electron chi connectivity index (χ2n) is 7.64. The molecule has 7 heteroatoms. The van der Waals surface area contributed by atoms with Gasteiger partial charge in [0.15, 0.2) is 0 Å². The lowest BCUT2D eigenvalue weighted by Crippen LogP contribution is -2.59. The van der Waals surface area contributed by atoms with E-state index < -0.39 is 5.60 Å². The summed E-state index contributed by atoms with van der Waals surface area (Å²) in [5.41, 5.74) is 1.95. The van der Waals surface area contributed by atoms with Gasteiger partial charge in [0.2, 0.25) is 0 Å². The molecule has 1 aromatic carbocycles. The fraction of sp³-hybridized carbons (Fsp3) is 0.556. The summed E-state index contributed by atoms with van der Waals surface area (Å²) >= 11 is 0.